The predicted molar refractivity (Wildman–Crippen MR) is 110 cm³/mol. The van der Waals surface area contributed by atoms with Gasteiger partial charge in [-0.25, -0.2) is 0 Å². The van der Waals surface area contributed by atoms with E-state index in [1.165, 1.54) is 28.3 Å². The minimum absolute atomic E-state index is 0.0149. The Bertz CT molecular complexity index is 1130. The van der Waals surface area contributed by atoms with Crippen molar-refractivity contribution in [3.63, 3.8) is 0 Å². The van der Waals surface area contributed by atoms with Gasteiger partial charge >= 0.3 is 0 Å². The number of aromatic nitrogens is 1. The number of pyridine rings is 1. The first-order valence-electron chi connectivity index (χ1n) is 9.91. The van der Waals surface area contributed by atoms with Crippen LogP contribution in [0.4, 0.5) is 0 Å². The lowest BCUT2D eigenvalue weighted by Crippen LogP contribution is -2.44. The molecule has 1 atom stereocenters. The number of hydrogen-bond acceptors (Lipinski definition) is 3. The molecule has 3 aromatic rings. The molecule has 2 heterocycles. The summed E-state index contributed by atoms with van der Waals surface area (Å²) in [6, 6.07) is 18.2. The van der Waals surface area contributed by atoms with E-state index < -0.39 is 11.2 Å². The number of nitrogens with zero attached hydrogens (tertiary/aromatic N) is 2. The Hall–Kier alpha value is -3.34. The maximum Gasteiger partial charge on any atom is 0.274 e. The summed E-state index contributed by atoms with van der Waals surface area (Å²) in [6.45, 7) is 0.501. The Labute approximate surface area is 168 Å². The summed E-state index contributed by atoms with van der Waals surface area (Å²) >= 11 is 0. The minimum Gasteiger partial charge on any atom is -0.503 e. The van der Waals surface area contributed by atoms with Gasteiger partial charge in [-0.3, -0.25) is 9.59 Å². The number of aromatic hydroxyl groups is 1. The number of benzene rings is 2. The van der Waals surface area contributed by atoms with Crippen LogP contribution in [0.3, 0.4) is 0 Å². The van der Waals surface area contributed by atoms with Gasteiger partial charge in [0.15, 0.2) is 11.4 Å². The Morgan fingerprint density at radius 2 is 1.48 bits per heavy atom. The average molecular weight is 386 g/mol. The molecule has 0 fully saturated rings. The van der Waals surface area contributed by atoms with Crippen LogP contribution < -0.4 is 5.43 Å². The summed E-state index contributed by atoms with van der Waals surface area (Å²) in [5, 5.41) is 10.4. The molecule has 1 N–H and O–H groups in total. The molecule has 2 aromatic carbocycles. The highest BCUT2D eigenvalue weighted by molar-refractivity contribution is 5.95. The molecule has 0 saturated carbocycles. The molecule has 1 aromatic heterocycles. The topological polar surface area (TPSA) is 62.5 Å². The van der Waals surface area contributed by atoms with Gasteiger partial charge in [-0.1, -0.05) is 48.5 Å². The lowest BCUT2D eigenvalue weighted by molar-refractivity contribution is 0.0701. The molecule has 1 aliphatic heterocycles. The molecule has 5 nitrogen and oxygen atoms in total. The molecule has 5 heteroatoms. The SMILES string of the molecule is CN1CC(C2c3ccccc3CCc3ccccc32)n2ccc(=O)c(O)c2C1=O. The second kappa shape index (κ2) is 6.62. The molecule has 1 amide bonds. The van der Waals surface area contributed by atoms with Crippen molar-refractivity contribution in [1.82, 2.24) is 9.47 Å². The van der Waals surface area contributed by atoms with Crippen LogP contribution in [-0.4, -0.2) is 34.1 Å². The summed E-state index contributed by atoms with van der Waals surface area (Å²) in [5.74, 6) is -0.781. The van der Waals surface area contributed by atoms with E-state index in [2.05, 4.69) is 48.5 Å². The van der Waals surface area contributed by atoms with E-state index in [4.69, 9.17) is 0 Å². The summed E-state index contributed by atoms with van der Waals surface area (Å²) in [5.41, 5.74) is 4.65. The van der Waals surface area contributed by atoms with Crippen molar-refractivity contribution in [3.05, 3.63) is 99.0 Å². The van der Waals surface area contributed by atoms with E-state index in [1.54, 1.807) is 18.1 Å². The van der Waals surface area contributed by atoms with Gasteiger partial charge in [0.1, 0.15) is 0 Å². The Morgan fingerprint density at radius 3 is 2.10 bits per heavy atom. The first kappa shape index (κ1) is 17.7. The molecule has 29 heavy (non-hydrogen) atoms. The van der Waals surface area contributed by atoms with E-state index >= 15 is 0 Å². The van der Waals surface area contributed by atoms with Gasteiger partial charge in [-0.2, -0.15) is 0 Å². The van der Waals surface area contributed by atoms with Crippen LogP contribution in [0.25, 0.3) is 0 Å². The maximum atomic E-state index is 12.8. The lowest BCUT2D eigenvalue weighted by atomic mass is 9.81. The first-order valence-corrected chi connectivity index (χ1v) is 9.91. The van der Waals surface area contributed by atoms with Gasteiger partial charge in [0.05, 0.1) is 6.04 Å². The van der Waals surface area contributed by atoms with Crippen LogP contribution in [0, 0.1) is 0 Å². The van der Waals surface area contributed by atoms with Crippen molar-refractivity contribution < 1.29 is 9.90 Å². The highest BCUT2D eigenvalue weighted by Gasteiger charge is 2.39. The van der Waals surface area contributed by atoms with E-state index in [0.29, 0.717) is 6.54 Å². The number of carbonyl (C=O) groups excluding carboxylic acids is 1. The molecule has 1 aliphatic carbocycles. The third kappa shape index (κ3) is 2.69. The molecular weight excluding hydrogens is 364 g/mol. The fourth-order valence-corrected chi connectivity index (χ4v) is 4.91. The summed E-state index contributed by atoms with van der Waals surface area (Å²) in [6.07, 6.45) is 3.59. The quantitative estimate of drug-likeness (QED) is 0.699. The lowest BCUT2D eigenvalue weighted by Gasteiger charge is -2.39. The number of fused-ring (bicyclic) bond motifs is 3. The van der Waals surface area contributed by atoms with Gasteiger partial charge in [-0.15, -0.1) is 0 Å². The maximum absolute atomic E-state index is 12.8. The Balaban J connectivity index is 1.79. The van der Waals surface area contributed by atoms with Crippen LogP contribution in [0.1, 0.15) is 44.7 Å². The molecule has 0 bridgehead atoms. The monoisotopic (exact) mass is 386 g/mol. The third-order valence-corrected chi connectivity index (χ3v) is 6.30. The number of carbonyl (C=O) groups is 1. The largest absolute Gasteiger partial charge is 0.503 e. The van der Waals surface area contributed by atoms with Gasteiger partial charge < -0.3 is 14.6 Å². The van der Waals surface area contributed by atoms with Gasteiger partial charge in [-0.05, 0) is 35.1 Å². The number of rotatable bonds is 1. The molecule has 5 rings (SSSR count). The molecular formula is C24H22N2O3. The molecule has 1 unspecified atom stereocenters. The number of likely N-dealkylation sites (N-methyl/N-ethyl adjacent to an activating group) is 1. The zero-order valence-electron chi connectivity index (χ0n) is 16.2. The fourth-order valence-electron chi connectivity index (χ4n) is 4.91. The van der Waals surface area contributed by atoms with Gasteiger partial charge in [0, 0.05) is 31.8 Å². The van der Waals surface area contributed by atoms with Crippen molar-refractivity contribution >= 4 is 5.91 Å². The molecule has 146 valence electrons. The average Bonchev–Trinajstić information content (AvgIpc) is 2.90. The van der Waals surface area contributed by atoms with Crippen molar-refractivity contribution in [3.8, 4) is 5.75 Å². The van der Waals surface area contributed by atoms with Crippen LogP contribution in [0.15, 0.2) is 65.6 Å². The fraction of sp³-hybridized carbons (Fsp3) is 0.250. The van der Waals surface area contributed by atoms with Gasteiger partial charge in [0.2, 0.25) is 5.43 Å². The second-order valence-electron chi connectivity index (χ2n) is 7.91. The highest BCUT2D eigenvalue weighted by atomic mass is 16.3. The number of aryl methyl sites for hydroxylation is 2. The first-order chi connectivity index (χ1) is 14.1. The van der Waals surface area contributed by atoms with E-state index in [0.717, 1.165) is 12.8 Å². The standard InChI is InChI=1S/C24H22N2O3/c1-25-14-19(26-13-12-20(27)23(28)22(26)24(25)29)21-17-8-4-2-6-15(17)10-11-16-7-3-5-9-18(16)21/h2-9,12-13,19,21,28H,10-11,14H2,1H3. The normalized spacial score (nSPS) is 18.6. The van der Waals surface area contributed by atoms with Gasteiger partial charge in [0.25, 0.3) is 5.91 Å². The van der Waals surface area contributed by atoms with Crippen molar-refractivity contribution in [2.45, 2.75) is 24.8 Å². The Morgan fingerprint density at radius 1 is 0.897 bits per heavy atom. The number of amides is 1. The summed E-state index contributed by atoms with van der Waals surface area (Å²) < 4.78 is 1.81. The highest BCUT2D eigenvalue weighted by Crippen LogP contribution is 2.43. The second-order valence-corrected chi connectivity index (χ2v) is 7.91. The zero-order valence-corrected chi connectivity index (χ0v) is 16.2. The van der Waals surface area contributed by atoms with Crippen LogP contribution in [0.2, 0.25) is 0 Å². The smallest absolute Gasteiger partial charge is 0.274 e. The Kier molecular flexibility index (Phi) is 4.05. The van der Waals surface area contributed by atoms with Crippen molar-refractivity contribution in [2.75, 3.05) is 13.6 Å². The van der Waals surface area contributed by atoms with E-state index in [-0.39, 0.29) is 23.6 Å². The molecule has 0 radical (unpaired) electrons. The van der Waals surface area contributed by atoms with Crippen molar-refractivity contribution in [2.24, 2.45) is 0 Å². The summed E-state index contributed by atoms with van der Waals surface area (Å²) in [4.78, 5) is 26.4. The summed E-state index contributed by atoms with van der Waals surface area (Å²) in [7, 11) is 1.73. The minimum atomic E-state index is -0.527. The van der Waals surface area contributed by atoms with Crippen LogP contribution in [-0.2, 0) is 12.8 Å². The molecule has 0 saturated heterocycles. The number of hydrogen-bond donors (Lipinski definition) is 1. The van der Waals surface area contributed by atoms with E-state index in [1.807, 2.05) is 4.57 Å². The van der Waals surface area contributed by atoms with Crippen LogP contribution in [0.5, 0.6) is 5.75 Å². The third-order valence-electron chi connectivity index (χ3n) is 6.30. The van der Waals surface area contributed by atoms with Crippen LogP contribution >= 0.6 is 0 Å². The van der Waals surface area contributed by atoms with Crippen molar-refractivity contribution in [1.29, 1.82) is 0 Å². The molecule has 0 spiro atoms. The predicted octanol–water partition coefficient (Wildman–Crippen LogP) is 3.11. The van der Waals surface area contributed by atoms with E-state index in [9.17, 15) is 14.7 Å². The zero-order chi connectivity index (χ0) is 20.1. The molecule has 2 aliphatic rings.